The molecule has 0 aliphatic rings. The summed E-state index contributed by atoms with van der Waals surface area (Å²) < 4.78 is 0. The molecule has 15 heavy (non-hydrogen) atoms. The molecule has 0 saturated heterocycles. The highest BCUT2D eigenvalue weighted by atomic mass is 16.3. The number of hydrogen-bond acceptors (Lipinski definition) is 1. The van der Waals surface area contributed by atoms with E-state index in [9.17, 15) is 5.11 Å². The highest BCUT2D eigenvalue weighted by molar-refractivity contribution is 4.95. The molecule has 0 bridgehead atoms. The standard InChI is InChI=1S/C14H26O/c1-12(2)8-6-9-13(3)10-7-11-14(4,5)15/h7-8,10,13,15H,6,9,11H2,1-5H3/b10-7+. The second-order valence-electron chi connectivity index (χ2n) is 5.28. The van der Waals surface area contributed by atoms with Crippen molar-refractivity contribution in [2.45, 2.75) is 59.5 Å². The Morgan fingerprint density at radius 3 is 2.40 bits per heavy atom. The van der Waals surface area contributed by atoms with Gasteiger partial charge in [0.1, 0.15) is 0 Å². The van der Waals surface area contributed by atoms with E-state index in [0.29, 0.717) is 5.92 Å². The molecular formula is C14H26O. The summed E-state index contributed by atoms with van der Waals surface area (Å²) in [6.07, 6.45) is 9.65. The van der Waals surface area contributed by atoms with Crippen molar-refractivity contribution in [3.63, 3.8) is 0 Å². The van der Waals surface area contributed by atoms with Crippen LogP contribution in [0.4, 0.5) is 0 Å². The number of rotatable bonds is 6. The van der Waals surface area contributed by atoms with E-state index >= 15 is 0 Å². The molecule has 1 N–H and O–H groups in total. The van der Waals surface area contributed by atoms with E-state index in [-0.39, 0.29) is 0 Å². The Kier molecular flexibility index (Phi) is 6.58. The fourth-order valence-electron chi connectivity index (χ4n) is 1.32. The highest BCUT2D eigenvalue weighted by Crippen LogP contribution is 2.12. The van der Waals surface area contributed by atoms with Crippen LogP contribution in [-0.2, 0) is 0 Å². The lowest BCUT2D eigenvalue weighted by atomic mass is 10.0. The van der Waals surface area contributed by atoms with Crippen LogP contribution in [0, 0.1) is 5.92 Å². The normalized spacial score (nSPS) is 14.3. The topological polar surface area (TPSA) is 20.2 Å². The fourth-order valence-corrected chi connectivity index (χ4v) is 1.32. The molecule has 1 nitrogen and oxygen atoms in total. The molecule has 1 unspecified atom stereocenters. The maximum atomic E-state index is 9.52. The zero-order chi connectivity index (χ0) is 11.9. The van der Waals surface area contributed by atoms with E-state index in [1.54, 1.807) is 0 Å². The van der Waals surface area contributed by atoms with Crippen LogP contribution in [0.25, 0.3) is 0 Å². The zero-order valence-electron chi connectivity index (χ0n) is 10.9. The molecule has 0 aliphatic carbocycles. The van der Waals surface area contributed by atoms with Gasteiger partial charge in [-0.05, 0) is 52.9 Å². The minimum absolute atomic E-state index is 0.573. The van der Waals surface area contributed by atoms with Gasteiger partial charge in [0, 0.05) is 0 Å². The molecule has 0 amide bonds. The van der Waals surface area contributed by atoms with E-state index in [1.807, 2.05) is 13.8 Å². The van der Waals surface area contributed by atoms with E-state index in [1.165, 1.54) is 12.0 Å². The first-order valence-electron chi connectivity index (χ1n) is 5.83. The van der Waals surface area contributed by atoms with Gasteiger partial charge in [0.2, 0.25) is 0 Å². The van der Waals surface area contributed by atoms with Gasteiger partial charge in [-0.1, -0.05) is 30.7 Å². The third-order valence-electron chi connectivity index (χ3n) is 2.26. The molecule has 0 aliphatic heterocycles. The molecule has 0 aromatic carbocycles. The molecule has 88 valence electrons. The summed E-state index contributed by atoms with van der Waals surface area (Å²) in [7, 11) is 0. The molecule has 0 aromatic rings. The highest BCUT2D eigenvalue weighted by Gasteiger charge is 2.08. The third-order valence-corrected chi connectivity index (χ3v) is 2.26. The van der Waals surface area contributed by atoms with Crippen LogP contribution in [0.15, 0.2) is 23.8 Å². The van der Waals surface area contributed by atoms with Crippen molar-refractivity contribution in [3.8, 4) is 0 Å². The average molecular weight is 210 g/mol. The van der Waals surface area contributed by atoms with Crippen molar-refractivity contribution in [1.29, 1.82) is 0 Å². The van der Waals surface area contributed by atoms with Crippen molar-refractivity contribution in [2.24, 2.45) is 5.92 Å². The van der Waals surface area contributed by atoms with Crippen LogP contribution in [0.3, 0.4) is 0 Å². The Bertz CT molecular complexity index is 214. The lowest BCUT2D eigenvalue weighted by Crippen LogP contribution is -2.16. The molecule has 0 fully saturated rings. The molecule has 0 heterocycles. The number of hydrogen-bond donors (Lipinski definition) is 1. The fraction of sp³-hybridized carbons (Fsp3) is 0.714. The van der Waals surface area contributed by atoms with Crippen LogP contribution in [0.2, 0.25) is 0 Å². The van der Waals surface area contributed by atoms with E-state index in [4.69, 9.17) is 0 Å². The van der Waals surface area contributed by atoms with Crippen molar-refractivity contribution >= 4 is 0 Å². The quantitative estimate of drug-likeness (QED) is 0.655. The maximum Gasteiger partial charge on any atom is 0.0626 e. The Hall–Kier alpha value is -0.560. The summed E-state index contributed by atoms with van der Waals surface area (Å²) in [5.41, 5.74) is 0.818. The SMILES string of the molecule is CC(C)=CCCC(C)/C=C/CC(C)(C)O. The van der Waals surface area contributed by atoms with E-state index in [0.717, 1.165) is 12.8 Å². The van der Waals surface area contributed by atoms with Gasteiger partial charge in [-0.15, -0.1) is 0 Å². The van der Waals surface area contributed by atoms with Gasteiger partial charge in [-0.2, -0.15) is 0 Å². The molecule has 0 spiro atoms. The first-order chi connectivity index (χ1) is 6.81. The number of aliphatic hydroxyl groups is 1. The van der Waals surface area contributed by atoms with E-state index < -0.39 is 5.60 Å². The first kappa shape index (κ1) is 14.4. The van der Waals surface area contributed by atoms with Crippen molar-refractivity contribution in [2.75, 3.05) is 0 Å². The van der Waals surface area contributed by atoms with Gasteiger partial charge in [0.15, 0.2) is 0 Å². The van der Waals surface area contributed by atoms with Gasteiger partial charge >= 0.3 is 0 Å². The molecule has 0 rings (SSSR count). The van der Waals surface area contributed by atoms with Gasteiger partial charge in [0.25, 0.3) is 0 Å². The van der Waals surface area contributed by atoms with Gasteiger partial charge in [-0.25, -0.2) is 0 Å². The van der Waals surface area contributed by atoms with Crippen LogP contribution in [-0.4, -0.2) is 10.7 Å². The Morgan fingerprint density at radius 2 is 1.93 bits per heavy atom. The third kappa shape index (κ3) is 11.4. The van der Waals surface area contributed by atoms with Crippen LogP contribution in [0.5, 0.6) is 0 Å². The maximum absolute atomic E-state index is 9.52. The molecule has 0 aromatic heterocycles. The van der Waals surface area contributed by atoms with Crippen molar-refractivity contribution in [1.82, 2.24) is 0 Å². The van der Waals surface area contributed by atoms with Gasteiger partial charge < -0.3 is 5.11 Å². The summed E-state index contributed by atoms with van der Waals surface area (Å²) in [4.78, 5) is 0. The van der Waals surface area contributed by atoms with Gasteiger partial charge in [-0.3, -0.25) is 0 Å². The largest absolute Gasteiger partial charge is 0.390 e. The minimum Gasteiger partial charge on any atom is -0.390 e. The Balaban J connectivity index is 3.74. The second-order valence-corrected chi connectivity index (χ2v) is 5.28. The lowest BCUT2D eigenvalue weighted by Gasteiger charge is -2.14. The van der Waals surface area contributed by atoms with Crippen LogP contribution < -0.4 is 0 Å². The zero-order valence-corrected chi connectivity index (χ0v) is 10.9. The van der Waals surface area contributed by atoms with Crippen molar-refractivity contribution < 1.29 is 5.11 Å². The summed E-state index contributed by atoms with van der Waals surface area (Å²) in [5.74, 6) is 0.600. The first-order valence-corrected chi connectivity index (χ1v) is 5.83. The Labute approximate surface area is 94.9 Å². The predicted molar refractivity (Wildman–Crippen MR) is 67.9 cm³/mol. The van der Waals surface area contributed by atoms with Crippen LogP contribution in [0.1, 0.15) is 53.9 Å². The summed E-state index contributed by atoms with van der Waals surface area (Å²) >= 11 is 0. The molecule has 0 saturated carbocycles. The molecule has 1 atom stereocenters. The summed E-state index contributed by atoms with van der Waals surface area (Å²) in [6, 6.07) is 0. The smallest absolute Gasteiger partial charge is 0.0626 e. The molecular weight excluding hydrogens is 184 g/mol. The average Bonchev–Trinajstić information content (AvgIpc) is 2.00. The van der Waals surface area contributed by atoms with Crippen LogP contribution >= 0.6 is 0 Å². The molecule has 0 radical (unpaired) electrons. The summed E-state index contributed by atoms with van der Waals surface area (Å²) in [6.45, 7) is 10.2. The summed E-state index contributed by atoms with van der Waals surface area (Å²) in [5, 5.41) is 9.52. The van der Waals surface area contributed by atoms with Gasteiger partial charge in [0.05, 0.1) is 5.60 Å². The number of allylic oxidation sites excluding steroid dienone is 3. The lowest BCUT2D eigenvalue weighted by molar-refractivity contribution is 0.0838. The minimum atomic E-state index is -0.573. The monoisotopic (exact) mass is 210 g/mol. The predicted octanol–water partition coefficient (Wildman–Crippen LogP) is 4.09. The Morgan fingerprint density at radius 1 is 1.33 bits per heavy atom. The van der Waals surface area contributed by atoms with Crippen molar-refractivity contribution in [3.05, 3.63) is 23.8 Å². The van der Waals surface area contributed by atoms with E-state index in [2.05, 4.69) is 39.0 Å². The second kappa shape index (κ2) is 6.84. The molecule has 1 heteroatoms.